The van der Waals surface area contributed by atoms with E-state index in [2.05, 4.69) is 10.2 Å². The van der Waals surface area contributed by atoms with Crippen LogP contribution in [0.1, 0.15) is 35.4 Å². The van der Waals surface area contributed by atoms with Gasteiger partial charge in [0, 0.05) is 24.8 Å². The smallest absolute Gasteiger partial charge is 0.254 e. The molecule has 0 N–H and O–H groups in total. The molecular formula is C13H16N4O. The van der Waals surface area contributed by atoms with Crippen LogP contribution in [0.4, 0.5) is 0 Å². The number of aromatic nitrogens is 3. The molecule has 1 fully saturated rings. The highest BCUT2D eigenvalue weighted by atomic mass is 16.2. The fourth-order valence-electron chi connectivity index (χ4n) is 2.42. The van der Waals surface area contributed by atoms with Crippen molar-refractivity contribution in [3.05, 3.63) is 29.7 Å². The van der Waals surface area contributed by atoms with Crippen molar-refractivity contribution in [3.63, 3.8) is 0 Å². The van der Waals surface area contributed by atoms with Crippen molar-refractivity contribution in [2.24, 2.45) is 0 Å². The van der Waals surface area contributed by atoms with Crippen LogP contribution in [0.25, 0.3) is 5.65 Å². The Morgan fingerprint density at radius 1 is 1.22 bits per heavy atom. The summed E-state index contributed by atoms with van der Waals surface area (Å²) in [6, 6.07) is 3.66. The van der Waals surface area contributed by atoms with Crippen molar-refractivity contribution in [2.45, 2.75) is 26.2 Å². The summed E-state index contributed by atoms with van der Waals surface area (Å²) in [4.78, 5) is 14.2. The van der Waals surface area contributed by atoms with Crippen LogP contribution in [0.2, 0.25) is 0 Å². The monoisotopic (exact) mass is 244 g/mol. The van der Waals surface area contributed by atoms with Gasteiger partial charge < -0.3 is 4.90 Å². The molecule has 0 spiro atoms. The third-order valence-corrected chi connectivity index (χ3v) is 3.47. The average Bonchev–Trinajstić information content (AvgIpc) is 2.80. The largest absolute Gasteiger partial charge is 0.339 e. The quantitative estimate of drug-likeness (QED) is 0.766. The first-order valence-corrected chi connectivity index (χ1v) is 6.36. The summed E-state index contributed by atoms with van der Waals surface area (Å²) in [5.74, 6) is 0.944. The van der Waals surface area contributed by atoms with E-state index in [1.807, 2.05) is 34.6 Å². The molecule has 5 nitrogen and oxygen atoms in total. The highest BCUT2D eigenvalue weighted by molar-refractivity contribution is 5.95. The number of likely N-dealkylation sites (tertiary alicyclic amines) is 1. The van der Waals surface area contributed by atoms with E-state index in [4.69, 9.17) is 0 Å². The second kappa shape index (κ2) is 4.40. The van der Waals surface area contributed by atoms with E-state index < -0.39 is 0 Å². The van der Waals surface area contributed by atoms with Crippen molar-refractivity contribution in [1.82, 2.24) is 19.5 Å². The third-order valence-electron chi connectivity index (χ3n) is 3.47. The maximum absolute atomic E-state index is 12.3. The van der Waals surface area contributed by atoms with Crippen molar-refractivity contribution in [1.29, 1.82) is 0 Å². The predicted octanol–water partition coefficient (Wildman–Crippen LogP) is 1.66. The van der Waals surface area contributed by atoms with Crippen LogP contribution in [0.3, 0.4) is 0 Å². The average molecular weight is 244 g/mol. The molecule has 2 aromatic rings. The lowest BCUT2D eigenvalue weighted by Gasteiger charge is -2.26. The summed E-state index contributed by atoms with van der Waals surface area (Å²) in [7, 11) is 0. The Kier molecular flexibility index (Phi) is 2.74. The molecule has 2 aromatic heterocycles. The van der Waals surface area contributed by atoms with Gasteiger partial charge in [0.25, 0.3) is 5.91 Å². The minimum Gasteiger partial charge on any atom is -0.339 e. The molecule has 0 aliphatic carbocycles. The van der Waals surface area contributed by atoms with Crippen molar-refractivity contribution < 1.29 is 4.79 Å². The SMILES string of the molecule is Cc1nnc2cc(C(=O)N3CCCCC3)ccn12. The van der Waals surface area contributed by atoms with E-state index in [1.54, 1.807) is 0 Å². The van der Waals surface area contributed by atoms with Gasteiger partial charge in [0.15, 0.2) is 5.65 Å². The molecular weight excluding hydrogens is 228 g/mol. The fourth-order valence-corrected chi connectivity index (χ4v) is 2.42. The number of carbonyl (C=O) groups is 1. The summed E-state index contributed by atoms with van der Waals surface area (Å²) in [6.45, 7) is 3.64. The number of rotatable bonds is 1. The second-order valence-corrected chi connectivity index (χ2v) is 4.74. The Hall–Kier alpha value is -1.91. The molecule has 0 unspecified atom stereocenters. The zero-order valence-electron chi connectivity index (χ0n) is 10.5. The predicted molar refractivity (Wildman–Crippen MR) is 67.5 cm³/mol. The molecule has 3 rings (SSSR count). The molecule has 3 heterocycles. The maximum Gasteiger partial charge on any atom is 0.254 e. The Labute approximate surface area is 105 Å². The first kappa shape index (κ1) is 11.2. The summed E-state index contributed by atoms with van der Waals surface area (Å²) in [6.07, 6.45) is 5.31. The molecule has 1 aliphatic rings. The van der Waals surface area contributed by atoms with E-state index >= 15 is 0 Å². The van der Waals surface area contributed by atoms with Crippen LogP contribution in [-0.2, 0) is 0 Å². The highest BCUT2D eigenvalue weighted by Crippen LogP contribution is 2.14. The number of fused-ring (bicyclic) bond motifs is 1. The Balaban J connectivity index is 1.91. The van der Waals surface area contributed by atoms with Gasteiger partial charge in [0.05, 0.1) is 0 Å². The summed E-state index contributed by atoms with van der Waals surface area (Å²) in [5, 5.41) is 8.05. The number of hydrogen-bond acceptors (Lipinski definition) is 3. The molecule has 5 heteroatoms. The molecule has 1 aliphatic heterocycles. The first-order chi connectivity index (χ1) is 8.75. The molecule has 18 heavy (non-hydrogen) atoms. The molecule has 0 saturated carbocycles. The van der Waals surface area contributed by atoms with Crippen LogP contribution in [-0.4, -0.2) is 38.5 Å². The Morgan fingerprint density at radius 2 is 2.00 bits per heavy atom. The zero-order chi connectivity index (χ0) is 12.5. The minimum atomic E-state index is 0.109. The molecule has 1 saturated heterocycles. The minimum absolute atomic E-state index is 0.109. The summed E-state index contributed by atoms with van der Waals surface area (Å²) < 4.78 is 1.88. The number of hydrogen-bond donors (Lipinski definition) is 0. The van der Waals surface area contributed by atoms with Crippen molar-refractivity contribution >= 4 is 11.6 Å². The number of carbonyl (C=O) groups excluding carboxylic acids is 1. The van der Waals surface area contributed by atoms with Crippen LogP contribution in [0.15, 0.2) is 18.3 Å². The molecule has 0 aromatic carbocycles. The topological polar surface area (TPSA) is 50.5 Å². The standard InChI is InChI=1S/C13H16N4O/c1-10-14-15-12-9-11(5-8-17(10)12)13(18)16-6-3-2-4-7-16/h5,8-9H,2-4,6-7H2,1H3. The van der Waals surface area contributed by atoms with Crippen molar-refractivity contribution in [2.75, 3.05) is 13.1 Å². The van der Waals surface area contributed by atoms with Gasteiger partial charge in [-0.25, -0.2) is 0 Å². The van der Waals surface area contributed by atoms with Gasteiger partial charge in [-0.2, -0.15) is 0 Å². The van der Waals surface area contributed by atoms with Crippen LogP contribution >= 0.6 is 0 Å². The van der Waals surface area contributed by atoms with Crippen LogP contribution < -0.4 is 0 Å². The molecule has 0 atom stereocenters. The van der Waals surface area contributed by atoms with Gasteiger partial charge >= 0.3 is 0 Å². The summed E-state index contributed by atoms with van der Waals surface area (Å²) in [5.41, 5.74) is 1.44. The van der Waals surface area contributed by atoms with Gasteiger partial charge in [-0.05, 0) is 38.3 Å². The molecule has 0 bridgehead atoms. The number of amides is 1. The van der Waals surface area contributed by atoms with Gasteiger partial charge in [0.1, 0.15) is 5.82 Å². The lowest BCUT2D eigenvalue weighted by atomic mass is 10.1. The normalized spacial score (nSPS) is 16.2. The van der Waals surface area contributed by atoms with E-state index in [0.717, 1.165) is 37.4 Å². The first-order valence-electron chi connectivity index (χ1n) is 6.36. The van der Waals surface area contributed by atoms with Crippen molar-refractivity contribution in [3.8, 4) is 0 Å². The second-order valence-electron chi connectivity index (χ2n) is 4.74. The van der Waals surface area contributed by atoms with Crippen LogP contribution in [0.5, 0.6) is 0 Å². The van der Waals surface area contributed by atoms with E-state index in [0.29, 0.717) is 5.56 Å². The third kappa shape index (κ3) is 1.85. The molecule has 0 radical (unpaired) electrons. The fraction of sp³-hybridized carbons (Fsp3) is 0.462. The van der Waals surface area contributed by atoms with Gasteiger partial charge in [-0.3, -0.25) is 9.20 Å². The number of pyridine rings is 1. The van der Waals surface area contributed by atoms with Gasteiger partial charge in [-0.1, -0.05) is 0 Å². The molecule has 94 valence electrons. The van der Waals surface area contributed by atoms with E-state index in [-0.39, 0.29) is 5.91 Å². The number of nitrogens with zero attached hydrogens (tertiary/aromatic N) is 4. The Bertz CT molecular complexity index is 584. The Morgan fingerprint density at radius 3 is 2.78 bits per heavy atom. The highest BCUT2D eigenvalue weighted by Gasteiger charge is 2.18. The van der Waals surface area contributed by atoms with E-state index in [1.165, 1.54) is 6.42 Å². The van der Waals surface area contributed by atoms with Gasteiger partial charge in [0.2, 0.25) is 0 Å². The van der Waals surface area contributed by atoms with Crippen LogP contribution in [0, 0.1) is 6.92 Å². The molecule has 1 amide bonds. The lowest BCUT2D eigenvalue weighted by molar-refractivity contribution is 0.0724. The zero-order valence-corrected chi connectivity index (χ0v) is 10.5. The van der Waals surface area contributed by atoms with E-state index in [9.17, 15) is 4.79 Å². The maximum atomic E-state index is 12.3. The number of aryl methyl sites for hydroxylation is 1. The van der Waals surface area contributed by atoms with Gasteiger partial charge in [-0.15, -0.1) is 10.2 Å². The lowest BCUT2D eigenvalue weighted by Crippen LogP contribution is -2.35. The summed E-state index contributed by atoms with van der Waals surface area (Å²) >= 11 is 0. The number of piperidine rings is 1.